The monoisotopic (exact) mass is 923 g/mol. The fourth-order valence-corrected chi connectivity index (χ4v) is 10.5. The average molecular weight is 924 g/mol. The molecule has 2 saturated heterocycles. The zero-order valence-corrected chi connectivity index (χ0v) is 40.6. The molecule has 7 rings (SSSR count). The fraction of sp³-hybridized carbons (Fsp3) is 0.531. The van der Waals surface area contributed by atoms with E-state index < -0.39 is 41.3 Å². The van der Waals surface area contributed by atoms with Gasteiger partial charge in [0.2, 0.25) is 11.8 Å². The molecule has 0 saturated carbocycles. The van der Waals surface area contributed by atoms with E-state index in [2.05, 4.69) is 66.9 Å². The predicted octanol–water partition coefficient (Wildman–Crippen LogP) is 6.00. The summed E-state index contributed by atoms with van der Waals surface area (Å²) in [7, 11) is 3.28. The van der Waals surface area contributed by atoms with Gasteiger partial charge in [-0.2, -0.15) is 0 Å². The topological polar surface area (TPSA) is 172 Å². The molecule has 3 aromatic heterocycles. The van der Waals surface area contributed by atoms with Gasteiger partial charge in [0.05, 0.1) is 34.8 Å². The molecule has 354 valence electrons. The Kier molecular flexibility index (Phi) is 14.7. The summed E-state index contributed by atoms with van der Waals surface area (Å²) < 4.78 is 14.2. The number of amides is 5. The second-order valence-corrected chi connectivity index (χ2v) is 19.8. The normalized spacial score (nSPS) is 21.2. The zero-order chi connectivity index (χ0) is 47.6. The Balaban J connectivity index is 1.25. The number of methoxy groups -OCH3 is 1. The Labute approximate surface area is 391 Å². The number of hydrazine groups is 1. The number of urea groups is 1. The van der Waals surface area contributed by atoms with Crippen LogP contribution in [0.1, 0.15) is 83.7 Å². The number of benzene rings is 1. The SMILES string of the molecule is C=CC(=O)N1CCN(C(=O)N(C)C(C(=O)N[C@H]2Cc3nc(cs3)-c3ccc4c(c3)c(c(-c3cccnc3[C@H](C)OC)n4CC)CC(C)(C)COC(=O)[C@@H]3CCCN(N3)C2=O)C(C)C)C[C@H]1C. The number of likely N-dealkylation sites (N-methyl/N-ethyl adjacent to an activating group) is 1. The smallest absolute Gasteiger partial charge is 0.324 e. The molecule has 5 atom stereocenters. The average Bonchev–Trinajstić information content (AvgIpc) is 3.90. The number of ether oxygens (including phenoxy) is 2. The minimum Gasteiger partial charge on any atom is -0.464 e. The zero-order valence-electron chi connectivity index (χ0n) is 39.8. The molecule has 5 amide bonds. The maximum atomic E-state index is 14.6. The van der Waals surface area contributed by atoms with Crippen LogP contribution < -0.4 is 10.7 Å². The van der Waals surface area contributed by atoms with E-state index in [1.807, 2.05) is 39.1 Å². The molecule has 1 aromatic carbocycles. The first kappa shape index (κ1) is 48.3. The number of hydrogen-bond donors (Lipinski definition) is 2. The third-order valence-corrected chi connectivity index (χ3v) is 14.0. The van der Waals surface area contributed by atoms with Crippen LogP contribution >= 0.6 is 11.3 Å². The van der Waals surface area contributed by atoms with E-state index in [0.29, 0.717) is 57.0 Å². The minimum absolute atomic E-state index is 0.0708. The van der Waals surface area contributed by atoms with Gasteiger partial charge in [0.15, 0.2) is 0 Å². The first-order valence-electron chi connectivity index (χ1n) is 23.0. The number of rotatable bonds is 9. The lowest BCUT2D eigenvalue weighted by Gasteiger charge is -2.42. The van der Waals surface area contributed by atoms with Gasteiger partial charge in [0.25, 0.3) is 5.91 Å². The second kappa shape index (κ2) is 20.1. The van der Waals surface area contributed by atoms with Gasteiger partial charge in [-0.05, 0) is 81.9 Å². The van der Waals surface area contributed by atoms with Crippen molar-refractivity contribution < 1.29 is 33.4 Å². The summed E-state index contributed by atoms with van der Waals surface area (Å²) in [4.78, 5) is 84.1. The fourth-order valence-electron chi connectivity index (χ4n) is 9.66. The maximum Gasteiger partial charge on any atom is 0.324 e. The molecular formula is C49H65N9O7S. The van der Waals surface area contributed by atoms with Crippen molar-refractivity contribution in [3.05, 3.63) is 70.8 Å². The molecule has 3 aliphatic heterocycles. The van der Waals surface area contributed by atoms with Crippen molar-refractivity contribution in [2.45, 2.75) is 111 Å². The van der Waals surface area contributed by atoms with Crippen LogP contribution in [0.2, 0.25) is 0 Å². The van der Waals surface area contributed by atoms with Gasteiger partial charge in [0, 0.05) is 98.4 Å². The number of nitrogens with zero attached hydrogens (tertiary/aromatic N) is 7. The summed E-state index contributed by atoms with van der Waals surface area (Å²) in [5.74, 6) is -1.90. The van der Waals surface area contributed by atoms with Gasteiger partial charge in [-0.1, -0.05) is 40.3 Å². The summed E-state index contributed by atoms with van der Waals surface area (Å²) in [6, 6.07) is 6.99. The molecule has 66 heavy (non-hydrogen) atoms. The molecule has 6 heterocycles. The van der Waals surface area contributed by atoms with Gasteiger partial charge >= 0.3 is 12.0 Å². The molecule has 17 heteroatoms. The largest absolute Gasteiger partial charge is 0.464 e. The lowest BCUT2D eigenvalue weighted by molar-refractivity contribution is -0.155. The second-order valence-electron chi connectivity index (χ2n) is 18.9. The highest BCUT2D eigenvalue weighted by Gasteiger charge is 2.40. The number of aryl methyl sites for hydroxylation is 1. The number of pyridine rings is 1. The number of piperazine rings is 1. The molecule has 4 aromatic rings. The van der Waals surface area contributed by atoms with Crippen LogP contribution in [0.4, 0.5) is 4.79 Å². The summed E-state index contributed by atoms with van der Waals surface area (Å²) in [6.45, 7) is 19.6. The van der Waals surface area contributed by atoms with Crippen LogP contribution in [0.25, 0.3) is 33.4 Å². The Morgan fingerprint density at radius 2 is 1.92 bits per heavy atom. The number of hydrogen-bond acceptors (Lipinski definition) is 11. The van der Waals surface area contributed by atoms with Crippen LogP contribution in [0.5, 0.6) is 0 Å². The Morgan fingerprint density at radius 3 is 2.62 bits per heavy atom. The lowest BCUT2D eigenvalue weighted by Crippen LogP contribution is -2.63. The number of thiazole rings is 1. The number of esters is 1. The minimum atomic E-state index is -1.09. The van der Waals surface area contributed by atoms with Gasteiger partial charge in [0.1, 0.15) is 18.1 Å². The van der Waals surface area contributed by atoms with Crippen molar-refractivity contribution >= 4 is 52.0 Å². The van der Waals surface area contributed by atoms with E-state index in [1.54, 1.807) is 30.2 Å². The summed E-state index contributed by atoms with van der Waals surface area (Å²) in [6.07, 6.45) is 4.45. The molecule has 0 spiro atoms. The molecule has 16 nitrogen and oxygen atoms in total. The maximum absolute atomic E-state index is 14.6. The summed E-state index contributed by atoms with van der Waals surface area (Å²) >= 11 is 1.40. The molecular weight excluding hydrogens is 859 g/mol. The van der Waals surface area contributed by atoms with Crippen molar-refractivity contribution in [3.63, 3.8) is 0 Å². The van der Waals surface area contributed by atoms with Crippen molar-refractivity contribution in [2.24, 2.45) is 11.3 Å². The number of carbonyl (C=O) groups is 5. The molecule has 3 aliphatic rings. The van der Waals surface area contributed by atoms with Crippen molar-refractivity contribution in [1.82, 2.24) is 45.0 Å². The van der Waals surface area contributed by atoms with E-state index >= 15 is 0 Å². The molecule has 1 unspecified atom stereocenters. The van der Waals surface area contributed by atoms with Crippen LogP contribution in [0, 0.1) is 11.3 Å². The Morgan fingerprint density at radius 1 is 1.15 bits per heavy atom. The van der Waals surface area contributed by atoms with E-state index in [0.717, 1.165) is 44.7 Å². The number of carbonyl (C=O) groups excluding carboxylic acids is 5. The highest BCUT2D eigenvalue weighted by atomic mass is 32.1. The Hall–Kier alpha value is -5.65. The van der Waals surface area contributed by atoms with Crippen molar-refractivity contribution in [3.8, 4) is 22.5 Å². The van der Waals surface area contributed by atoms with E-state index in [9.17, 15) is 24.0 Å². The summed E-state index contributed by atoms with van der Waals surface area (Å²) in [5.41, 5.74) is 9.25. The lowest BCUT2D eigenvalue weighted by atomic mass is 9.84. The summed E-state index contributed by atoms with van der Waals surface area (Å²) in [5, 5.41) is 8.09. The van der Waals surface area contributed by atoms with E-state index in [-0.39, 0.29) is 43.0 Å². The van der Waals surface area contributed by atoms with Crippen LogP contribution in [0.15, 0.2) is 54.6 Å². The number of aromatic nitrogens is 3. The van der Waals surface area contributed by atoms with Crippen LogP contribution in [-0.4, -0.2) is 135 Å². The van der Waals surface area contributed by atoms with Gasteiger partial charge in [-0.3, -0.25) is 29.2 Å². The molecule has 6 bridgehead atoms. The van der Waals surface area contributed by atoms with E-state index in [4.69, 9.17) is 19.4 Å². The molecule has 2 N–H and O–H groups in total. The number of fused-ring (bicyclic) bond motifs is 6. The van der Waals surface area contributed by atoms with Gasteiger partial charge in [-0.15, -0.1) is 11.3 Å². The highest BCUT2D eigenvalue weighted by molar-refractivity contribution is 7.10. The first-order valence-corrected chi connectivity index (χ1v) is 23.9. The first-order chi connectivity index (χ1) is 31.5. The third kappa shape index (κ3) is 9.88. The molecule has 0 radical (unpaired) electrons. The molecule has 2 fully saturated rings. The predicted molar refractivity (Wildman–Crippen MR) is 254 cm³/mol. The van der Waals surface area contributed by atoms with Crippen molar-refractivity contribution in [2.75, 3.05) is 46.9 Å². The standard InChI is InChI=1S/C49H65N9O7S/c1-11-41(59)57-22-21-55(26-30(57)5)48(63)54(9)43(29(3)4)45(60)52-37-24-40-51-38(27-66-40)32-17-18-39-34(23-32)35(44(56(39)12-2)33-15-13-19-50-42(33)31(6)64-10)25-49(7,8)28-65-47(62)36-16-14-20-58(53-36)46(37)61/h11,13,15,17-19,23,27,29-31,36-37,43,53H,1,12,14,16,20-22,24-26,28H2,2-10H3,(H,52,60)/t30-,31+,36+,37+,43?/m1/s1. The number of cyclic esters (lactones) is 1. The molecule has 0 aliphatic carbocycles. The van der Waals surface area contributed by atoms with E-state index in [1.165, 1.54) is 27.3 Å². The van der Waals surface area contributed by atoms with Gasteiger partial charge in [-0.25, -0.2) is 15.2 Å². The Bertz CT molecular complexity index is 2480. The quantitative estimate of drug-likeness (QED) is 0.150. The van der Waals surface area contributed by atoms with Crippen molar-refractivity contribution in [1.29, 1.82) is 0 Å². The van der Waals surface area contributed by atoms with Gasteiger partial charge < -0.3 is 34.1 Å². The highest BCUT2D eigenvalue weighted by Crippen LogP contribution is 2.42. The number of nitrogens with one attached hydrogen (secondary N) is 2. The van der Waals surface area contributed by atoms with Crippen LogP contribution in [-0.2, 0) is 48.0 Å². The third-order valence-electron chi connectivity index (χ3n) is 13.1. The van der Waals surface area contributed by atoms with Crippen LogP contribution in [0.3, 0.4) is 0 Å².